The molecule has 3 nitrogen and oxygen atoms in total. The highest BCUT2D eigenvalue weighted by Crippen LogP contribution is 2.38. The van der Waals surface area contributed by atoms with Gasteiger partial charge in [-0.05, 0) is 36.0 Å². The lowest BCUT2D eigenvalue weighted by Gasteiger charge is -2.21. The van der Waals surface area contributed by atoms with Crippen LogP contribution in [-0.4, -0.2) is 21.4 Å². The van der Waals surface area contributed by atoms with Crippen molar-refractivity contribution in [3.05, 3.63) is 51.5 Å². The molecule has 1 fully saturated rings. The summed E-state index contributed by atoms with van der Waals surface area (Å²) >= 11 is 0.602. The van der Waals surface area contributed by atoms with Crippen LogP contribution in [0.1, 0.15) is 66.0 Å². The Labute approximate surface area is 172 Å². The molecule has 1 aliphatic rings. The minimum atomic E-state index is -5.20. The van der Waals surface area contributed by atoms with Crippen LogP contribution in [0.25, 0.3) is 12.2 Å². The summed E-state index contributed by atoms with van der Waals surface area (Å²) in [7, 11) is 0. The third-order valence-corrected chi connectivity index (χ3v) is 6.47. The summed E-state index contributed by atoms with van der Waals surface area (Å²) in [5.74, 6) is -3.06. The Balaban J connectivity index is 1.58. The fourth-order valence-electron chi connectivity index (χ4n) is 3.75. The molecule has 2 N–H and O–H groups in total. The van der Waals surface area contributed by atoms with Crippen LogP contribution < -0.4 is 0 Å². The van der Waals surface area contributed by atoms with Gasteiger partial charge in [0.2, 0.25) is 0 Å². The number of aliphatic hydroxyl groups is 2. The quantitative estimate of drug-likeness (QED) is 0.542. The van der Waals surface area contributed by atoms with Gasteiger partial charge < -0.3 is 10.2 Å². The van der Waals surface area contributed by atoms with Crippen molar-refractivity contribution in [1.29, 1.82) is 0 Å². The summed E-state index contributed by atoms with van der Waals surface area (Å²) < 4.78 is 38.1. The summed E-state index contributed by atoms with van der Waals surface area (Å²) in [6.45, 7) is 0. The second-order valence-corrected chi connectivity index (χ2v) is 8.77. The second-order valence-electron chi connectivity index (χ2n) is 7.71. The molecular formula is C22H26F3NO2S. The number of hydrogen-bond acceptors (Lipinski definition) is 4. The lowest BCUT2D eigenvalue weighted by molar-refractivity contribution is -0.358. The van der Waals surface area contributed by atoms with E-state index in [4.69, 9.17) is 0 Å². The maximum Gasteiger partial charge on any atom is 0.450 e. The Kier molecular flexibility index (Phi) is 7.14. The van der Waals surface area contributed by atoms with Crippen molar-refractivity contribution >= 4 is 23.5 Å². The molecule has 1 aliphatic carbocycles. The van der Waals surface area contributed by atoms with Crippen molar-refractivity contribution in [3.8, 4) is 0 Å². The predicted octanol–water partition coefficient (Wildman–Crippen LogP) is 5.92. The van der Waals surface area contributed by atoms with Crippen molar-refractivity contribution in [3.63, 3.8) is 0 Å². The van der Waals surface area contributed by atoms with Gasteiger partial charge >= 0.3 is 12.0 Å². The average molecular weight is 426 g/mol. The van der Waals surface area contributed by atoms with Crippen LogP contribution in [0.15, 0.2) is 30.5 Å². The molecule has 1 heterocycles. The Morgan fingerprint density at radius 1 is 1.10 bits per heavy atom. The molecule has 0 spiro atoms. The van der Waals surface area contributed by atoms with E-state index in [-0.39, 0.29) is 0 Å². The first-order chi connectivity index (χ1) is 13.8. The minimum absolute atomic E-state index is 0.416. The van der Waals surface area contributed by atoms with Crippen molar-refractivity contribution in [2.24, 2.45) is 5.92 Å². The predicted molar refractivity (Wildman–Crippen MR) is 109 cm³/mol. The molecule has 0 unspecified atom stereocenters. The summed E-state index contributed by atoms with van der Waals surface area (Å²) in [5, 5.41) is 17.8. The molecule has 2 aromatic rings. The van der Waals surface area contributed by atoms with Crippen LogP contribution in [0.4, 0.5) is 13.2 Å². The first-order valence-electron chi connectivity index (χ1n) is 10.0. The van der Waals surface area contributed by atoms with Crippen LogP contribution in [0.3, 0.4) is 0 Å². The van der Waals surface area contributed by atoms with Gasteiger partial charge in [-0.25, -0.2) is 4.98 Å². The third-order valence-electron chi connectivity index (χ3n) is 5.41. The van der Waals surface area contributed by atoms with Gasteiger partial charge in [0.15, 0.2) is 5.01 Å². The fourth-order valence-corrected chi connectivity index (χ4v) is 4.58. The molecule has 3 rings (SSSR count). The molecule has 0 atom stereocenters. The Morgan fingerprint density at radius 2 is 1.86 bits per heavy atom. The van der Waals surface area contributed by atoms with Crippen LogP contribution in [-0.2, 0) is 12.2 Å². The van der Waals surface area contributed by atoms with Crippen molar-refractivity contribution < 1.29 is 23.4 Å². The molecule has 0 radical (unpaired) electrons. The molecule has 158 valence electrons. The molecule has 1 aromatic carbocycles. The van der Waals surface area contributed by atoms with Gasteiger partial charge in [0.05, 0.1) is 0 Å². The largest absolute Gasteiger partial charge is 0.450 e. The van der Waals surface area contributed by atoms with E-state index in [2.05, 4.69) is 17.1 Å². The monoisotopic (exact) mass is 425 g/mol. The van der Waals surface area contributed by atoms with Crippen LogP contribution in [0.5, 0.6) is 0 Å². The van der Waals surface area contributed by atoms with E-state index in [9.17, 15) is 23.4 Å². The maximum absolute atomic E-state index is 12.7. The number of nitrogens with zero attached hydrogens (tertiary/aromatic N) is 1. The van der Waals surface area contributed by atoms with Crippen LogP contribution in [0, 0.1) is 5.92 Å². The van der Waals surface area contributed by atoms with Gasteiger partial charge in [0.25, 0.3) is 0 Å². The normalized spacial score (nSPS) is 16.6. The van der Waals surface area contributed by atoms with Crippen LogP contribution in [0.2, 0.25) is 0 Å². The summed E-state index contributed by atoms with van der Waals surface area (Å²) in [5.41, 5.74) is 2.19. The first kappa shape index (κ1) is 22.0. The second kappa shape index (κ2) is 9.41. The number of hydrogen-bond donors (Lipinski definition) is 2. The third kappa shape index (κ3) is 5.90. The van der Waals surface area contributed by atoms with Crippen molar-refractivity contribution in [2.45, 2.75) is 63.3 Å². The van der Waals surface area contributed by atoms with E-state index < -0.39 is 17.0 Å². The highest BCUT2D eigenvalue weighted by molar-refractivity contribution is 7.12. The van der Waals surface area contributed by atoms with Gasteiger partial charge in [-0.1, -0.05) is 68.9 Å². The molecule has 0 bridgehead atoms. The molecule has 1 aromatic heterocycles. The number of rotatable bonds is 7. The van der Waals surface area contributed by atoms with E-state index in [0.717, 1.165) is 17.9 Å². The van der Waals surface area contributed by atoms with E-state index in [1.165, 1.54) is 56.7 Å². The van der Waals surface area contributed by atoms with E-state index in [0.29, 0.717) is 16.2 Å². The summed E-state index contributed by atoms with van der Waals surface area (Å²) in [4.78, 5) is 3.93. The Morgan fingerprint density at radius 3 is 2.59 bits per heavy atom. The highest BCUT2D eigenvalue weighted by atomic mass is 32.1. The standard InChI is InChI=1S/C22H26F3NO2S/c23-22(24,25)21(27,28)20-26-15-19(29-20)13-12-18-11-5-10-17(14-18)9-4-8-16-6-2-1-3-7-16/h5,10-16,27-28H,1-4,6-9H2/b13-12+. The molecule has 0 aliphatic heterocycles. The van der Waals surface area contributed by atoms with E-state index >= 15 is 0 Å². The summed E-state index contributed by atoms with van der Waals surface area (Å²) in [6, 6.07) is 8.08. The number of benzene rings is 1. The van der Waals surface area contributed by atoms with Crippen LogP contribution >= 0.6 is 11.3 Å². The van der Waals surface area contributed by atoms with E-state index in [1.807, 2.05) is 12.1 Å². The summed E-state index contributed by atoms with van der Waals surface area (Å²) in [6.07, 6.45) is 9.72. The van der Waals surface area contributed by atoms with Gasteiger partial charge in [0.1, 0.15) is 0 Å². The molecule has 7 heteroatoms. The number of aromatic nitrogens is 1. The van der Waals surface area contributed by atoms with Crippen molar-refractivity contribution in [1.82, 2.24) is 4.98 Å². The fraction of sp³-hybridized carbons (Fsp3) is 0.500. The number of alkyl halides is 3. The van der Waals surface area contributed by atoms with Crippen molar-refractivity contribution in [2.75, 3.05) is 0 Å². The molecule has 29 heavy (non-hydrogen) atoms. The van der Waals surface area contributed by atoms with Gasteiger partial charge in [-0.3, -0.25) is 0 Å². The van der Waals surface area contributed by atoms with E-state index in [1.54, 1.807) is 12.2 Å². The lowest BCUT2D eigenvalue weighted by Crippen LogP contribution is -2.41. The average Bonchev–Trinajstić information content (AvgIpc) is 3.17. The smallest absolute Gasteiger partial charge is 0.353 e. The molecule has 1 saturated carbocycles. The maximum atomic E-state index is 12.7. The number of halogens is 3. The molecule has 0 saturated heterocycles. The van der Waals surface area contributed by atoms with Gasteiger partial charge in [-0.2, -0.15) is 13.2 Å². The SMILES string of the molecule is OC(O)(c1ncc(/C=C/c2cccc(CCCC3CCCCC3)c2)s1)C(F)(F)F. The van der Waals surface area contributed by atoms with Gasteiger partial charge in [0, 0.05) is 11.1 Å². The Hall–Kier alpha value is -1.70. The minimum Gasteiger partial charge on any atom is -0.353 e. The Bertz CT molecular complexity index is 823. The number of thiazole rings is 1. The number of aryl methyl sites for hydroxylation is 1. The highest BCUT2D eigenvalue weighted by Gasteiger charge is 2.56. The van der Waals surface area contributed by atoms with Gasteiger partial charge in [-0.15, -0.1) is 11.3 Å². The molecule has 0 amide bonds. The zero-order chi connectivity index (χ0) is 20.9. The topological polar surface area (TPSA) is 53.4 Å². The lowest BCUT2D eigenvalue weighted by atomic mass is 9.85. The molecular weight excluding hydrogens is 399 g/mol. The first-order valence-corrected chi connectivity index (χ1v) is 10.8. The zero-order valence-electron chi connectivity index (χ0n) is 16.2. The zero-order valence-corrected chi connectivity index (χ0v) is 17.0.